The number of hydrogen-bond acceptors (Lipinski definition) is 6. The molecule has 2 rings (SSSR count). The number of esters is 1. The van der Waals surface area contributed by atoms with E-state index in [1.165, 1.54) is 40.6 Å². The number of carbonyl (C=O) groups is 2. The third kappa shape index (κ3) is 5.16. The summed E-state index contributed by atoms with van der Waals surface area (Å²) in [6.45, 7) is 0. The molecule has 2 N–H and O–H groups in total. The zero-order valence-electron chi connectivity index (χ0n) is 16.7. The number of carbonyl (C=O) groups excluding carboxylic acids is 2. The Morgan fingerprint density at radius 3 is 1.86 bits per heavy atom. The summed E-state index contributed by atoms with van der Waals surface area (Å²) in [7, 11) is 5.67. The first-order valence-corrected chi connectivity index (χ1v) is 8.62. The van der Waals surface area contributed by atoms with Crippen LogP contribution in [0.4, 0.5) is 0 Å². The standard InChI is InChI=1S/C22H23NO6/c1-26-15-11-19(27-2)18(20(12-15)28-3)13-17(22(25)29-4)16(21(23)24)10-14-8-6-5-7-9-14/h5-13H,1-4H3,(H2,23,24)/b16-10-,17-13-. The molecule has 0 atom stereocenters. The predicted molar refractivity (Wildman–Crippen MR) is 110 cm³/mol. The molecular formula is C22H23NO6. The fourth-order valence-corrected chi connectivity index (χ4v) is 2.67. The van der Waals surface area contributed by atoms with Gasteiger partial charge in [0.2, 0.25) is 5.91 Å². The van der Waals surface area contributed by atoms with Crippen molar-refractivity contribution in [3.63, 3.8) is 0 Å². The summed E-state index contributed by atoms with van der Waals surface area (Å²) < 4.78 is 20.9. The molecule has 0 aliphatic heterocycles. The SMILES string of the molecule is COC(=O)C(=C\c1c(OC)cc(OC)cc1OC)/C(=C/c1ccccc1)C(N)=O. The van der Waals surface area contributed by atoms with Crippen LogP contribution in [0.1, 0.15) is 11.1 Å². The van der Waals surface area contributed by atoms with Crippen molar-refractivity contribution in [2.45, 2.75) is 0 Å². The molecule has 0 unspecified atom stereocenters. The van der Waals surface area contributed by atoms with Gasteiger partial charge in [-0.3, -0.25) is 4.79 Å². The Morgan fingerprint density at radius 1 is 0.828 bits per heavy atom. The minimum Gasteiger partial charge on any atom is -0.496 e. The minimum atomic E-state index is -0.781. The van der Waals surface area contributed by atoms with Crippen molar-refractivity contribution >= 4 is 24.0 Å². The van der Waals surface area contributed by atoms with Gasteiger partial charge in [0.25, 0.3) is 0 Å². The third-order valence-electron chi connectivity index (χ3n) is 4.11. The maximum Gasteiger partial charge on any atom is 0.338 e. The van der Waals surface area contributed by atoms with Gasteiger partial charge in [-0.2, -0.15) is 0 Å². The van der Waals surface area contributed by atoms with Crippen LogP contribution in [-0.2, 0) is 14.3 Å². The largest absolute Gasteiger partial charge is 0.496 e. The molecule has 0 aliphatic rings. The van der Waals surface area contributed by atoms with E-state index in [1.54, 1.807) is 24.3 Å². The summed E-state index contributed by atoms with van der Waals surface area (Å²) in [6, 6.07) is 12.3. The maximum atomic E-state index is 12.5. The first-order valence-electron chi connectivity index (χ1n) is 8.62. The van der Waals surface area contributed by atoms with E-state index in [4.69, 9.17) is 24.7 Å². The molecule has 2 aromatic carbocycles. The molecule has 0 spiro atoms. The van der Waals surface area contributed by atoms with Crippen molar-refractivity contribution in [3.05, 3.63) is 64.7 Å². The van der Waals surface area contributed by atoms with Crippen LogP contribution in [-0.4, -0.2) is 40.3 Å². The van der Waals surface area contributed by atoms with Crippen molar-refractivity contribution in [3.8, 4) is 17.2 Å². The fourth-order valence-electron chi connectivity index (χ4n) is 2.67. The van der Waals surface area contributed by atoms with Gasteiger partial charge < -0.3 is 24.7 Å². The third-order valence-corrected chi connectivity index (χ3v) is 4.11. The number of hydrogen-bond donors (Lipinski definition) is 1. The lowest BCUT2D eigenvalue weighted by Crippen LogP contribution is -2.20. The molecule has 2 aromatic rings. The highest BCUT2D eigenvalue weighted by Gasteiger charge is 2.22. The van der Waals surface area contributed by atoms with Crippen LogP contribution in [0.2, 0.25) is 0 Å². The van der Waals surface area contributed by atoms with Gasteiger partial charge in [-0.1, -0.05) is 30.3 Å². The first kappa shape index (κ1) is 21.6. The summed E-state index contributed by atoms with van der Waals surface area (Å²) >= 11 is 0. The molecule has 0 aromatic heterocycles. The number of ether oxygens (including phenoxy) is 4. The van der Waals surface area contributed by atoms with Crippen LogP contribution >= 0.6 is 0 Å². The second kappa shape index (κ2) is 9.98. The van der Waals surface area contributed by atoms with E-state index in [0.717, 1.165) is 0 Å². The number of methoxy groups -OCH3 is 4. The second-order valence-corrected chi connectivity index (χ2v) is 5.83. The van der Waals surface area contributed by atoms with Crippen LogP contribution in [0.5, 0.6) is 17.2 Å². The molecule has 7 nitrogen and oxygen atoms in total. The topological polar surface area (TPSA) is 97.1 Å². The average molecular weight is 397 g/mol. The maximum absolute atomic E-state index is 12.5. The van der Waals surface area contributed by atoms with E-state index in [1.807, 2.05) is 18.2 Å². The summed E-state index contributed by atoms with van der Waals surface area (Å²) in [5.74, 6) is -0.245. The Balaban J connectivity index is 2.75. The lowest BCUT2D eigenvalue weighted by molar-refractivity contribution is -0.136. The summed E-state index contributed by atoms with van der Waals surface area (Å²) in [5.41, 5.74) is 6.66. The Kier molecular flexibility index (Phi) is 7.42. The number of amides is 1. The number of primary amides is 1. The van der Waals surface area contributed by atoms with E-state index < -0.39 is 11.9 Å². The molecule has 0 heterocycles. The molecule has 0 saturated carbocycles. The quantitative estimate of drug-likeness (QED) is 0.418. The Morgan fingerprint density at radius 2 is 1.41 bits per heavy atom. The predicted octanol–water partition coefficient (Wildman–Crippen LogP) is 2.84. The highest BCUT2D eigenvalue weighted by molar-refractivity contribution is 6.14. The molecule has 1 amide bonds. The zero-order chi connectivity index (χ0) is 21.4. The summed E-state index contributed by atoms with van der Waals surface area (Å²) in [4.78, 5) is 24.7. The van der Waals surface area contributed by atoms with Gasteiger partial charge >= 0.3 is 5.97 Å². The van der Waals surface area contributed by atoms with E-state index >= 15 is 0 Å². The van der Waals surface area contributed by atoms with E-state index in [-0.39, 0.29) is 11.1 Å². The average Bonchev–Trinajstić information content (AvgIpc) is 2.75. The van der Waals surface area contributed by atoms with Crippen molar-refractivity contribution in [2.24, 2.45) is 5.73 Å². The molecule has 152 valence electrons. The van der Waals surface area contributed by atoms with Crippen molar-refractivity contribution < 1.29 is 28.5 Å². The highest BCUT2D eigenvalue weighted by atomic mass is 16.5. The lowest BCUT2D eigenvalue weighted by Gasteiger charge is -2.14. The normalized spacial score (nSPS) is 11.6. The molecule has 0 bridgehead atoms. The lowest BCUT2D eigenvalue weighted by atomic mass is 9.98. The van der Waals surface area contributed by atoms with Crippen molar-refractivity contribution in [1.29, 1.82) is 0 Å². The van der Waals surface area contributed by atoms with Gasteiger partial charge in [-0.05, 0) is 17.7 Å². The molecule has 0 saturated heterocycles. The van der Waals surface area contributed by atoms with Crippen LogP contribution in [0.15, 0.2) is 53.6 Å². The summed E-state index contributed by atoms with van der Waals surface area (Å²) in [6.07, 6.45) is 2.97. The van der Waals surface area contributed by atoms with Crippen LogP contribution in [0, 0.1) is 0 Å². The van der Waals surface area contributed by atoms with Gasteiger partial charge in [0.1, 0.15) is 17.2 Å². The second-order valence-electron chi connectivity index (χ2n) is 5.83. The number of nitrogens with two attached hydrogens (primary N) is 1. The Labute approximate surface area is 169 Å². The van der Waals surface area contributed by atoms with Gasteiger partial charge in [-0.25, -0.2) is 4.79 Å². The van der Waals surface area contributed by atoms with Crippen molar-refractivity contribution in [1.82, 2.24) is 0 Å². The van der Waals surface area contributed by atoms with Crippen molar-refractivity contribution in [2.75, 3.05) is 28.4 Å². The molecular weight excluding hydrogens is 374 g/mol. The molecule has 0 aliphatic carbocycles. The van der Waals surface area contributed by atoms with Gasteiger partial charge in [0.05, 0.1) is 45.1 Å². The molecule has 0 fully saturated rings. The molecule has 7 heteroatoms. The first-order chi connectivity index (χ1) is 13.9. The van der Waals surface area contributed by atoms with Gasteiger partial charge in [-0.15, -0.1) is 0 Å². The smallest absolute Gasteiger partial charge is 0.338 e. The fraction of sp³-hybridized carbons (Fsp3) is 0.182. The summed E-state index contributed by atoms with van der Waals surface area (Å²) in [5, 5.41) is 0. The van der Waals surface area contributed by atoms with E-state index in [0.29, 0.717) is 28.4 Å². The number of benzene rings is 2. The Hall–Kier alpha value is -3.74. The van der Waals surface area contributed by atoms with Crippen LogP contribution in [0.25, 0.3) is 12.2 Å². The Bertz CT molecular complexity index is 922. The molecule has 0 radical (unpaired) electrons. The van der Waals surface area contributed by atoms with E-state index in [9.17, 15) is 9.59 Å². The monoisotopic (exact) mass is 397 g/mol. The van der Waals surface area contributed by atoms with Crippen LogP contribution < -0.4 is 19.9 Å². The van der Waals surface area contributed by atoms with Crippen LogP contribution in [0.3, 0.4) is 0 Å². The number of rotatable bonds is 8. The van der Waals surface area contributed by atoms with Gasteiger partial charge in [0, 0.05) is 12.1 Å². The zero-order valence-corrected chi connectivity index (χ0v) is 16.7. The van der Waals surface area contributed by atoms with E-state index in [2.05, 4.69) is 0 Å². The minimum absolute atomic E-state index is 0.0111. The van der Waals surface area contributed by atoms with Gasteiger partial charge in [0.15, 0.2) is 0 Å². The molecule has 29 heavy (non-hydrogen) atoms. The highest BCUT2D eigenvalue weighted by Crippen LogP contribution is 2.36.